The molecule has 2 N–H and O–H groups in total. The lowest BCUT2D eigenvalue weighted by atomic mass is 9.84. The van der Waals surface area contributed by atoms with E-state index in [0.29, 0.717) is 6.42 Å². The fraction of sp³-hybridized carbons (Fsp3) is 0.550. The van der Waals surface area contributed by atoms with Gasteiger partial charge in [-0.25, -0.2) is 0 Å². The van der Waals surface area contributed by atoms with Crippen molar-refractivity contribution in [1.82, 2.24) is 19.8 Å². The summed E-state index contributed by atoms with van der Waals surface area (Å²) in [4.78, 5) is 32.4. The van der Waals surface area contributed by atoms with Gasteiger partial charge in [-0.15, -0.1) is 0 Å². The van der Waals surface area contributed by atoms with Gasteiger partial charge in [0.05, 0.1) is 6.42 Å². The summed E-state index contributed by atoms with van der Waals surface area (Å²) in [5.41, 5.74) is 0. The van der Waals surface area contributed by atoms with Gasteiger partial charge in [0, 0.05) is 23.2 Å². The van der Waals surface area contributed by atoms with Crippen molar-refractivity contribution in [3.63, 3.8) is 0 Å². The van der Waals surface area contributed by atoms with Crippen LogP contribution in [0.3, 0.4) is 0 Å². The molecule has 9 heteroatoms. The van der Waals surface area contributed by atoms with Gasteiger partial charge in [-0.3, -0.25) is 19.3 Å². The largest absolute Gasteiger partial charge is 0.481 e. The smallest absolute Gasteiger partial charge is 0.304 e. The molecule has 0 aromatic carbocycles. The Morgan fingerprint density at radius 2 is 2.14 bits per heavy atom. The van der Waals surface area contributed by atoms with E-state index < -0.39 is 11.9 Å². The average Bonchev–Trinajstić information content (AvgIpc) is 3.23. The summed E-state index contributed by atoms with van der Waals surface area (Å²) in [7, 11) is 0. The Kier molecular flexibility index (Phi) is 8.03. The molecule has 29 heavy (non-hydrogen) atoms. The first-order valence-corrected chi connectivity index (χ1v) is 10.9. The van der Waals surface area contributed by atoms with Crippen LogP contribution >= 0.6 is 11.9 Å². The molecule has 1 unspecified atom stereocenters. The van der Waals surface area contributed by atoms with Crippen LogP contribution in [0.5, 0.6) is 0 Å². The Hall–Kier alpha value is -2.42. The highest BCUT2D eigenvalue weighted by Crippen LogP contribution is 2.31. The normalized spacial score (nSPS) is 15.7. The van der Waals surface area contributed by atoms with Crippen molar-refractivity contribution in [2.75, 3.05) is 0 Å². The number of hydrogen-bond acceptors (Lipinski definition) is 7. The third-order valence-corrected chi connectivity index (χ3v) is 5.97. The molecule has 1 saturated carbocycles. The number of aliphatic carboxylic acids is 1. The van der Waals surface area contributed by atoms with E-state index in [2.05, 4.69) is 19.8 Å². The zero-order valence-corrected chi connectivity index (χ0v) is 17.1. The van der Waals surface area contributed by atoms with Crippen LogP contribution in [0.15, 0.2) is 33.9 Å². The van der Waals surface area contributed by atoms with Crippen molar-refractivity contribution in [2.24, 2.45) is 5.92 Å². The molecule has 3 rings (SSSR count). The lowest BCUT2D eigenvalue weighted by Gasteiger charge is -2.21. The SMILES string of the molecule is O=C(O)CC(CCCC1CCCCC1)c1nc(C(=O)NSc2cccnc2)no1. The van der Waals surface area contributed by atoms with E-state index in [9.17, 15) is 14.7 Å². The number of pyridine rings is 1. The average molecular weight is 419 g/mol. The summed E-state index contributed by atoms with van der Waals surface area (Å²) in [6.07, 6.45) is 12.3. The number of hydrogen-bond donors (Lipinski definition) is 2. The lowest BCUT2D eigenvalue weighted by molar-refractivity contribution is -0.137. The highest BCUT2D eigenvalue weighted by Gasteiger charge is 2.25. The lowest BCUT2D eigenvalue weighted by Crippen LogP contribution is -2.17. The molecule has 2 heterocycles. The van der Waals surface area contributed by atoms with E-state index in [1.54, 1.807) is 18.5 Å². The van der Waals surface area contributed by atoms with Crippen LogP contribution in [0.2, 0.25) is 0 Å². The molecule has 1 fully saturated rings. The third kappa shape index (κ3) is 6.85. The van der Waals surface area contributed by atoms with Crippen molar-refractivity contribution in [3.05, 3.63) is 36.2 Å². The van der Waals surface area contributed by atoms with Crippen LogP contribution in [-0.2, 0) is 4.79 Å². The number of rotatable bonds is 10. The van der Waals surface area contributed by atoms with Crippen molar-refractivity contribution < 1.29 is 19.2 Å². The van der Waals surface area contributed by atoms with Crippen LogP contribution < -0.4 is 4.72 Å². The second kappa shape index (κ2) is 10.9. The van der Waals surface area contributed by atoms with Gasteiger partial charge in [0.1, 0.15) is 0 Å². The minimum absolute atomic E-state index is 0.0850. The van der Waals surface area contributed by atoms with E-state index in [1.807, 2.05) is 6.07 Å². The molecule has 1 atom stereocenters. The molecule has 0 bridgehead atoms. The number of nitrogens with zero attached hydrogens (tertiary/aromatic N) is 3. The van der Waals surface area contributed by atoms with Crippen LogP contribution in [0.1, 0.15) is 80.2 Å². The first kappa shape index (κ1) is 21.3. The van der Waals surface area contributed by atoms with Gasteiger partial charge in [0.15, 0.2) is 0 Å². The molecule has 1 aliphatic carbocycles. The molecule has 1 amide bonds. The first-order chi connectivity index (χ1) is 14.1. The molecule has 1 aliphatic rings. The molecular weight excluding hydrogens is 392 g/mol. The summed E-state index contributed by atoms with van der Waals surface area (Å²) in [5, 5.41) is 13.0. The van der Waals surface area contributed by atoms with Crippen LogP contribution in [0, 0.1) is 5.92 Å². The zero-order valence-electron chi connectivity index (χ0n) is 16.2. The third-order valence-electron chi connectivity index (χ3n) is 5.20. The van der Waals surface area contributed by atoms with Gasteiger partial charge in [-0.1, -0.05) is 50.1 Å². The Balaban J connectivity index is 1.54. The summed E-state index contributed by atoms with van der Waals surface area (Å²) >= 11 is 1.10. The van der Waals surface area contributed by atoms with Crippen molar-refractivity contribution in [1.29, 1.82) is 0 Å². The summed E-state index contributed by atoms with van der Waals surface area (Å²) in [5.74, 6) is -0.931. The van der Waals surface area contributed by atoms with E-state index in [0.717, 1.165) is 35.6 Å². The predicted molar refractivity (Wildman–Crippen MR) is 107 cm³/mol. The topological polar surface area (TPSA) is 118 Å². The van der Waals surface area contributed by atoms with Gasteiger partial charge in [-0.05, 0) is 36.4 Å². The van der Waals surface area contributed by atoms with E-state index >= 15 is 0 Å². The molecule has 0 saturated heterocycles. The van der Waals surface area contributed by atoms with Crippen molar-refractivity contribution in [3.8, 4) is 0 Å². The maximum absolute atomic E-state index is 12.2. The van der Waals surface area contributed by atoms with Crippen LogP contribution in [0.4, 0.5) is 0 Å². The molecule has 0 aliphatic heterocycles. The predicted octanol–water partition coefficient (Wildman–Crippen LogP) is 4.21. The number of nitrogens with one attached hydrogen (secondary N) is 1. The maximum atomic E-state index is 12.2. The fourth-order valence-corrected chi connectivity index (χ4v) is 4.27. The maximum Gasteiger partial charge on any atom is 0.304 e. The number of aromatic nitrogens is 3. The summed E-state index contributed by atoms with van der Waals surface area (Å²) in [6, 6.07) is 3.58. The Morgan fingerprint density at radius 3 is 2.86 bits per heavy atom. The second-order valence-electron chi connectivity index (χ2n) is 7.41. The fourth-order valence-electron chi connectivity index (χ4n) is 3.70. The van der Waals surface area contributed by atoms with Gasteiger partial charge in [-0.2, -0.15) is 4.98 Å². The minimum atomic E-state index is -0.913. The van der Waals surface area contributed by atoms with Gasteiger partial charge >= 0.3 is 11.9 Å². The molecular formula is C20H26N4O4S. The summed E-state index contributed by atoms with van der Waals surface area (Å²) in [6.45, 7) is 0. The van der Waals surface area contributed by atoms with Crippen LogP contribution in [0.25, 0.3) is 0 Å². The number of amides is 1. The van der Waals surface area contributed by atoms with Crippen molar-refractivity contribution >= 4 is 23.8 Å². The van der Waals surface area contributed by atoms with Crippen LogP contribution in [-0.4, -0.2) is 32.1 Å². The Labute approximate surface area is 174 Å². The van der Waals surface area contributed by atoms with E-state index in [-0.39, 0.29) is 24.1 Å². The zero-order chi connectivity index (χ0) is 20.5. The van der Waals surface area contributed by atoms with Gasteiger partial charge < -0.3 is 9.63 Å². The second-order valence-corrected chi connectivity index (χ2v) is 8.29. The highest BCUT2D eigenvalue weighted by molar-refractivity contribution is 7.98. The molecule has 2 aromatic rings. The molecule has 2 aromatic heterocycles. The molecule has 0 radical (unpaired) electrons. The number of carboxylic acids is 1. The quantitative estimate of drug-likeness (QED) is 0.551. The Bertz CT molecular complexity index is 793. The highest BCUT2D eigenvalue weighted by atomic mass is 32.2. The van der Waals surface area contributed by atoms with Gasteiger partial charge in [0.2, 0.25) is 5.89 Å². The van der Waals surface area contributed by atoms with Crippen molar-refractivity contribution in [2.45, 2.75) is 68.6 Å². The molecule has 0 spiro atoms. The standard InChI is InChI=1S/C20H26N4O4S/c25-17(26)12-15(9-4-8-14-6-2-1-3-7-14)20-22-18(23-28-20)19(27)24-29-16-10-5-11-21-13-16/h5,10-11,13-15H,1-4,6-9,12H2,(H,24,27)(H,25,26). The van der Waals surface area contributed by atoms with E-state index in [4.69, 9.17) is 4.52 Å². The molecule has 8 nitrogen and oxygen atoms in total. The number of carboxylic acid groups (broad SMARTS) is 1. The number of carbonyl (C=O) groups is 2. The minimum Gasteiger partial charge on any atom is -0.481 e. The van der Waals surface area contributed by atoms with Gasteiger partial charge in [0.25, 0.3) is 5.82 Å². The summed E-state index contributed by atoms with van der Waals surface area (Å²) < 4.78 is 7.87. The monoisotopic (exact) mass is 418 g/mol. The number of carbonyl (C=O) groups excluding carboxylic acids is 1. The molecule has 156 valence electrons. The Morgan fingerprint density at radius 1 is 1.31 bits per heavy atom. The first-order valence-electron chi connectivity index (χ1n) is 10.0. The van der Waals surface area contributed by atoms with E-state index in [1.165, 1.54) is 32.1 Å².